The van der Waals surface area contributed by atoms with Gasteiger partial charge in [0.1, 0.15) is 0 Å². The fraction of sp³-hybridized carbons (Fsp3) is 0.818. The lowest BCUT2D eigenvalue weighted by molar-refractivity contribution is 0.129. The largest absolute Gasteiger partial charge is 0.329 e. The van der Waals surface area contributed by atoms with E-state index >= 15 is 0 Å². The SMILES string of the molecule is C=C(C)[C@@H]1CC[C@]2(C)S[P@](=S)(SC)O[C@H]2C1. The van der Waals surface area contributed by atoms with Crippen molar-refractivity contribution in [1.82, 2.24) is 0 Å². The molecule has 5 heteroatoms. The zero-order valence-corrected chi connectivity index (χ0v) is 13.4. The number of allylic oxidation sites excluding steroid dienone is 1. The molecule has 0 spiro atoms. The van der Waals surface area contributed by atoms with Crippen molar-refractivity contribution in [1.29, 1.82) is 0 Å². The number of fused-ring (bicyclic) bond motifs is 1. The Bertz CT molecular complexity index is 357. The Kier molecular flexibility index (Phi) is 3.89. The van der Waals surface area contributed by atoms with Gasteiger partial charge in [0.05, 0.1) is 6.10 Å². The van der Waals surface area contributed by atoms with E-state index in [0.717, 1.165) is 6.42 Å². The van der Waals surface area contributed by atoms with Crippen molar-refractivity contribution in [2.24, 2.45) is 5.92 Å². The average Bonchev–Trinajstić information content (AvgIpc) is 2.48. The first-order chi connectivity index (χ1) is 7.38. The summed E-state index contributed by atoms with van der Waals surface area (Å²) in [5.74, 6) is 0.641. The number of rotatable bonds is 2. The predicted octanol–water partition coefficient (Wildman–Crippen LogP) is 4.84. The third kappa shape index (κ3) is 2.42. The van der Waals surface area contributed by atoms with Gasteiger partial charge in [0.2, 0.25) is 0 Å². The van der Waals surface area contributed by atoms with Crippen LogP contribution in [0.4, 0.5) is 0 Å². The topological polar surface area (TPSA) is 9.23 Å². The first kappa shape index (κ1) is 13.5. The van der Waals surface area contributed by atoms with Gasteiger partial charge in [-0.3, -0.25) is 0 Å². The lowest BCUT2D eigenvalue weighted by Gasteiger charge is -2.37. The summed E-state index contributed by atoms with van der Waals surface area (Å²) < 4.78 is 4.82. The molecule has 1 aliphatic heterocycles. The molecule has 0 aromatic heterocycles. The third-order valence-corrected chi connectivity index (χ3v) is 13.8. The highest BCUT2D eigenvalue weighted by molar-refractivity contribution is 8.99. The molecule has 0 aromatic rings. The Labute approximate surface area is 112 Å². The first-order valence-corrected chi connectivity index (χ1v) is 11.6. The van der Waals surface area contributed by atoms with Crippen LogP contribution in [-0.2, 0) is 16.3 Å². The Morgan fingerprint density at radius 2 is 2.38 bits per heavy atom. The highest BCUT2D eigenvalue weighted by Gasteiger charge is 2.52. The molecule has 2 aliphatic rings. The molecule has 92 valence electrons. The van der Waals surface area contributed by atoms with Gasteiger partial charge in [0.25, 0.3) is 0 Å². The standard InChI is InChI=1S/C11H19OPS3/c1-8(2)9-5-6-11(3)10(7-9)12-13(14,15-4)16-11/h9-10H,1,5-7H2,2-4H3/t9-,10+,11+,13-/m1/s1. The molecule has 4 atom stereocenters. The van der Waals surface area contributed by atoms with E-state index in [0.29, 0.717) is 12.0 Å². The predicted molar refractivity (Wildman–Crippen MR) is 80.8 cm³/mol. The smallest absolute Gasteiger partial charge is 0.175 e. The van der Waals surface area contributed by atoms with Crippen molar-refractivity contribution in [3.8, 4) is 0 Å². The van der Waals surface area contributed by atoms with Crippen molar-refractivity contribution in [2.45, 2.75) is 44.0 Å². The van der Waals surface area contributed by atoms with Gasteiger partial charge in [0.15, 0.2) is 4.67 Å². The molecule has 0 unspecified atom stereocenters. The molecule has 1 saturated carbocycles. The summed E-state index contributed by atoms with van der Waals surface area (Å²) in [5.41, 5.74) is 1.31. The van der Waals surface area contributed by atoms with E-state index in [1.54, 1.807) is 11.4 Å². The van der Waals surface area contributed by atoms with E-state index in [1.165, 1.54) is 18.4 Å². The van der Waals surface area contributed by atoms with E-state index in [-0.39, 0.29) is 4.75 Å². The summed E-state index contributed by atoms with van der Waals surface area (Å²) in [6.45, 7) is 8.56. The van der Waals surface area contributed by atoms with E-state index in [2.05, 4.69) is 26.7 Å². The van der Waals surface area contributed by atoms with E-state index in [4.69, 9.17) is 16.3 Å². The maximum Gasteiger partial charge on any atom is 0.175 e. The first-order valence-electron chi connectivity index (χ1n) is 5.59. The van der Waals surface area contributed by atoms with Crippen LogP contribution in [-0.4, -0.2) is 17.1 Å². The summed E-state index contributed by atoms with van der Waals surface area (Å²) in [5, 5.41) is 0. The van der Waals surface area contributed by atoms with Crippen LogP contribution >= 0.6 is 27.4 Å². The van der Waals surface area contributed by atoms with Gasteiger partial charge in [-0.2, -0.15) is 0 Å². The third-order valence-electron chi connectivity index (χ3n) is 3.67. The van der Waals surface area contributed by atoms with Gasteiger partial charge in [0, 0.05) is 4.75 Å². The van der Waals surface area contributed by atoms with Crippen LogP contribution in [0.1, 0.15) is 33.1 Å². The molecule has 2 rings (SSSR count). The molecule has 2 fully saturated rings. The summed E-state index contributed by atoms with van der Waals surface area (Å²) in [7, 11) is 0. The van der Waals surface area contributed by atoms with Crippen LogP contribution in [0.15, 0.2) is 12.2 Å². The van der Waals surface area contributed by atoms with E-state index in [9.17, 15) is 0 Å². The molecule has 16 heavy (non-hydrogen) atoms. The van der Waals surface area contributed by atoms with Gasteiger partial charge >= 0.3 is 0 Å². The normalized spacial score (nSPS) is 47.7. The maximum absolute atomic E-state index is 6.20. The second-order valence-electron chi connectivity index (χ2n) is 4.95. The summed E-state index contributed by atoms with van der Waals surface area (Å²) >= 11 is 9.35. The Balaban J connectivity index is 2.16. The minimum absolute atomic E-state index is 0.268. The summed E-state index contributed by atoms with van der Waals surface area (Å²) in [6, 6.07) is 0. The molecular weight excluding hydrogens is 275 g/mol. The van der Waals surface area contributed by atoms with Crippen molar-refractivity contribution >= 4 is 39.2 Å². The van der Waals surface area contributed by atoms with Crippen LogP contribution < -0.4 is 0 Å². The second-order valence-corrected chi connectivity index (χ2v) is 15.9. The van der Waals surface area contributed by atoms with Crippen molar-refractivity contribution in [3.63, 3.8) is 0 Å². The zero-order valence-electron chi connectivity index (χ0n) is 10.1. The fourth-order valence-electron chi connectivity index (χ4n) is 2.47. The lowest BCUT2D eigenvalue weighted by Crippen LogP contribution is -2.39. The Morgan fingerprint density at radius 3 is 2.94 bits per heavy atom. The fourth-order valence-corrected chi connectivity index (χ4v) is 11.8. The van der Waals surface area contributed by atoms with Crippen molar-refractivity contribution in [3.05, 3.63) is 12.2 Å². The van der Waals surface area contributed by atoms with Gasteiger partial charge in [-0.25, -0.2) is 0 Å². The Hall–Kier alpha value is 1.05. The van der Waals surface area contributed by atoms with Crippen LogP contribution in [0.3, 0.4) is 0 Å². The van der Waals surface area contributed by atoms with E-state index in [1.807, 2.05) is 11.4 Å². The molecule has 1 saturated heterocycles. The highest BCUT2D eigenvalue weighted by atomic mass is 33.2. The van der Waals surface area contributed by atoms with Crippen LogP contribution in [0.2, 0.25) is 0 Å². The molecule has 0 N–H and O–H groups in total. The minimum atomic E-state index is -1.64. The quantitative estimate of drug-likeness (QED) is 0.532. The van der Waals surface area contributed by atoms with Crippen LogP contribution in [0, 0.1) is 5.92 Å². The van der Waals surface area contributed by atoms with Crippen LogP contribution in [0.5, 0.6) is 0 Å². The zero-order chi connectivity index (χ0) is 12.0. The van der Waals surface area contributed by atoms with E-state index < -0.39 is 4.67 Å². The van der Waals surface area contributed by atoms with Gasteiger partial charge < -0.3 is 4.52 Å². The lowest BCUT2D eigenvalue weighted by atomic mass is 9.77. The molecule has 1 aliphatic carbocycles. The van der Waals surface area contributed by atoms with Gasteiger partial charge in [-0.05, 0) is 57.1 Å². The minimum Gasteiger partial charge on any atom is -0.329 e. The van der Waals surface area contributed by atoms with Crippen LogP contribution in [0.25, 0.3) is 0 Å². The maximum atomic E-state index is 6.20. The molecule has 0 amide bonds. The molecule has 0 bridgehead atoms. The summed E-state index contributed by atoms with van der Waals surface area (Å²) in [6.07, 6.45) is 6.04. The number of hydrogen-bond acceptors (Lipinski definition) is 4. The monoisotopic (exact) mass is 294 g/mol. The molecule has 1 heterocycles. The van der Waals surface area contributed by atoms with Crippen molar-refractivity contribution in [2.75, 3.05) is 6.26 Å². The average molecular weight is 294 g/mol. The molecule has 1 nitrogen and oxygen atoms in total. The second kappa shape index (κ2) is 4.62. The Morgan fingerprint density at radius 1 is 1.69 bits per heavy atom. The van der Waals surface area contributed by atoms with Gasteiger partial charge in [-0.1, -0.05) is 34.9 Å². The number of hydrogen-bond donors (Lipinski definition) is 0. The highest BCUT2D eigenvalue weighted by Crippen LogP contribution is 2.80. The molecule has 0 radical (unpaired) electrons. The van der Waals surface area contributed by atoms with Gasteiger partial charge in [-0.15, -0.1) is 0 Å². The van der Waals surface area contributed by atoms with Crippen molar-refractivity contribution < 1.29 is 4.52 Å². The molecular formula is C11H19OPS3. The summed E-state index contributed by atoms with van der Waals surface area (Å²) in [4.78, 5) is 0. The molecule has 0 aromatic carbocycles.